The minimum Gasteiger partial charge on any atom is -0.467 e. The molecule has 0 bridgehead atoms. The molecule has 0 aliphatic carbocycles. The second-order valence-electron chi connectivity index (χ2n) is 7.79. The highest BCUT2D eigenvalue weighted by molar-refractivity contribution is 7.11. The van der Waals surface area contributed by atoms with Gasteiger partial charge < -0.3 is 10.1 Å². The number of pyridine rings is 1. The van der Waals surface area contributed by atoms with Gasteiger partial charge in [0.2, 0.25) is 5.88 Å². The van der Waals surface area contributed by atoms with Crippen molar-refractivity contribution in [1.82, 2.24) is 25.1 Å². The summed E-state index contributed by atoms with van der Waals surface area (Å²) in [5, 5.41) is 7.78. The van der Waals surface area contributed by atoms with Crippen molar-refractivity contribution in [3.63, 3.8) is 0 Å². The molecule has 178 valence electrons. The zero-order valence-corrected chi connectivity index (χ0v) is 19.7. The minimum absolute atomic E-state index is 0.00558. The molecule has 4 aromatic rings. The van der Waals surface area contributed by atoms with Gasteiger partial charge in [0.05, 0.1) is 27.7 Å². The highest BCUT2D eigenvalue weighted by Gasteiger charge is 2.36. The molecule has 0 spiro atoms. The Bertz CT molecular complexity index is 1350. The summed E-state index contributed by atoms with van der Waals surface area (Å²) in [4.78, 5) is 22.0. The molecule has 0 fully saturated rings. The second kappa shape index (κ2) is 9.05. The molecule has 4 rings (SSSR count). The molecule has 1 unspecified atom stereocenters. The third-order valence-electron chi connectivity index (χ3n) is 5.20. The van der Waals surface area contributed by atoms with E-state index in [0.717, 1.165) is 21.6 Å². The number of fused-ring (bicyclic) bond motifs is 1. The van der Waals surface area contributed by atoms with Crippen molar-refractivity contribution in [2.45, 2.75) is 33.0 Å². The van der Waals surface area contributed by atoms with Gasteiger partial charge in [0.15, 0.2) is 12.3 Å². The number of nitrogens with one attached hydrogen (secondary N) is 1. The Morgan fingerprint density at radius 1 is 1.21 bits per heavy atom. The molecule has 11 heteroatoms. The number of amides is 1. The van der Waals surface area contributed by atoms with Crippen LogP contribution in [-0.4, -0.2) is 32.3 Å². The zero-order valence-electron chi connectivity index (χ0n) is 18.9. The van der Waals surface area contributed by atoms with E-state index in [-0.39, 0.29) is 28.6 Å². The first-order chi connectivity index (χ1) is 16.0. The summed E-state index contributed by atoms with van der Waals surface area (Å²) in [5.74, 6) is -0.811. The third-order valence-corrected chi connectivity index (χ3v) is 6.10. The Morgan fingerprint density at radius 3 is 2.53 bits per heavy atom. The van der Waals surface area contributed by atoms with Crippen LogP contribution in [0.3, 0.4) is 0 Å². The van der Waals surface area contributed by atoms with Gasteiger partial charge in [-0.2, -0.15) is 23.3 Å². The first-order valence-electron chi connectivity index (χ1n) is 10.4. The molecule has 34 heavy (non-hydrogen) atoms. The van der Waals surface area contributed by atoms with E-state index in [0.29, 0.717) is 5.56 Å². The number of thiazole rings is 1. The van der Waals surface area contributed by atoms with Crippen molar-refractivity contribution in [2.75, 3.05) is 6.61 Å². The predicted molar refractivity (Wildman–Crippen MR) is 123 cm³/mol. The van der Waals surface area contributed by atoms with Gasteiger partial charge >= 0.3 is 6.18 Å². The van der Waals surface area contributed by atoms with E-state index in [1.807, 2.05) is 13.8 Å². The van der Waals surface area contributed by atoms with E-state index in [1.54, 1.807) is 37.3 Å². The number of rotatable bonds is 6. The average molecular weight is 490 g/mol. The lowest BCUT2D eigenvalue weighted by molar-refractivity contribution is -0.136. The fourth-order valence-electron chi connectivity index (χ4n) is 3.76. The highest BCUT2D eigenvalue weighted by Crippen LogP contribution is 2.40. The number of ether oxygens (including phenoxy) is 1. The normalized spacial score (nSPS) is 12.7. The van der Waals surface area contributed by atoms with Crippen molar-refractivity contribution in [2.24, 2.45) is 7.05 Å². The number of nitrogens with zero attached hydrogens (tertiary/aromatic N) is 4. The van der Waals surface area contributed by atoms with E-state index in [2.05, 4.69) is 20.4 Å². The maximum Gasteiger partial charge on any atom is 0.417 e. The molecule has 1 atom stereocenters. The standard InChI is InChI=1S/C23H22F3N5O2S/c1-12(20-13(2)34-14(3)28-20)27-17(32)11-33-18-10-16(23(24,25)26)19-21(15-8-6-5-7-9-15)30-31(4)22(19)29-18/h5-10,12H,11H2,1-4H3,(H,27,32). The molecule has 0 aliphatic rings. The van der Waals surface area contributed by atoms with Crippen molar-refractivity contribution in [3.05, 3.63) is 57.5 Å². The van der Waals surface area contributed by atoms with E-state index < -0.39 is 24.3 Å². The van der Waals surface area contributed by atoms with Crippen LogP contribution >= 0.6 is 11.3 Å². The molecule has 0 saturated heterocycles. The van der Waals surface area contributed by atoms with Crippen LogP contribution in [0.1, 0.15) is 34.1 Å². The average Bonchev–Trinajstić information content (AvgIpc) is 3.30. The van der Waals surface area contributed by atoms with Crippen LogP contribution in [0.5, 0.6) is 5.88 Å². The molecule has 7 nitrogen and oxygen atoms in total. The van der Waals surface area contributed by atoms with Gasteiger partial charge in [-0.3, -0.25) is 4.79 Å². The molecule has 3 aromatic heterocycles. The number of halogens is 3. The molecule has 0 aliphatic heterocycles. The lowest BCUT2D eigenvalue weighted by Gasteiger charge is -2.14. The van der Waals surface area contributed by atoms with E-state index in [4.69, 9.17) is 4.74 Å². The van der Waals surface area contributed by atoms with Gasteiger partial charge in [0, 0.05) is 23.6 Å². The lowest BCUT2D eigenvalue weighted by atomic mass is 10.0. The Morgan fingerprint density at radius 2 is 1.91 bits per heavy atom. The zero-order chi connectivity index (χ0) is 24.6. The smallest absolute Gasteiger partial charge is 0.417 e. The lowest BCUT2D eigenvalue weighted by Crippen LogP contribution is -2.31. The summed E-state index contributed by atoms with van der Waals surface area (Å²) in [7, 11) is 1.51. The molecular formula is C23H22F3N5O2S. The molecule has 1 aromatic carbocycles. The summed E-state index contributed by atoms with van der Waals surface area (Å²) in [6.07, 6.45) is -4.68. The number of hydrogen-bond donors (Lipinski definition) is 1. The summed E-state index contributed by atoms with van der Waals surface area (Å²) in [6, 6.07) is 9.03. The van der Waals surface area contributed by atoms with Gasteiger partial charge in [-0.1, -0.05) is 30.3 Å². The number of benzene rings is 1. The van der Waals surface area contributed by atoms with Crippen molar-refractivity contribution in [3.8, 4) is 17.1 Å². The van der Waals surface area contributed by atoms with Crippen LogP contribution in [0.25, 0.3) is 22.3 Å². The molecule has 1 N–H and O–H groups in total. The third kappa shape index (κ3) is 4.74. The summed E-state index contributed by atoms with van der Waals surface area (Å²) in [5.41, 5.74) is 0.533. The summed E-state index contributed by atoms with van der Waals surface area (Å²) in [6.45, 7) is 5.08. The van der Waals surface area contributed by atoms with E-state index >= 15 is 0 Å². The number of aromatic nitrogens is 4. The van der Waals surface area contributed by atoms with Crippen LogP contribution in [0.15, 0.2) is 36.4 Å². The fourth-order valence-corrected chi connectivity index (χ4v) is 4.67. The fraction of sp³-hybridized carbons (Fsp3) is 0.304. The van der Waals surface area contributed by atoms with Crippen LogP contribution in [0, 0.1) is 13.8 Å². The van der Waals surface area contributed by atoms with Crippen LogP contribution in [-0.2, 0) is 18.0 Å². The number of aryl methyl sites for hydroxylation is 3. The summed E-state index contributed by atoms with van der Waals surface area (Å²) >= 11 is 1.52. The highest BCUT2D eigenvalue weighted by atomic mass is 32.1. The van der Waals surface area contributed by atoms with Crippen molar-refractivity contribution in [1.29, 1.82) is 0 Å². The van der Waals surface area contributed by atoms with E-state index in [1.165, 1.54) is 23.1 Å². The van der Waals surface area contributed by atoms with Gasteiger partial charge in [-0.15, -0.1) is 11.3 Å². The van der Waals surface area contributed by atoms with Gasteiger partial charge in [0.25, 0.3) is 5.91 Å². The maximum absolute atomic E-state index is 14.0. The monoisotopic (exact) mass is 489 g/mol. The number of alkyl halides is 3. The van der Waals surface area contributed by atoms with Gasteiger partial charge in [-0.05, 0) is 20.8 Å². The van der Waals surface area contributed by atoms with Gasteiger partial charge in [0.1, 0.15) is 5.69 Å². The molecule has 0 saturated carbocycles. The molecule has 3 heterocycles. The minimum atomic E-state index is -4.68. The summed E-state index contributed by atoms with van der Waals surface area (Å²) < 4.78 is 48.6. The first-order valence-corrected chi connectivity index (χ1v) is 11.2. The SMILES string of the molecule is Cc1nc(C(C)NC(=O)COc2cc(C(F)(F)F)c3c(-c4ccccc4)nn(C)c3n2)c(C)s1. The van der Waals surface area contributed by atoms with Crippen LogP contribution in [0.2, 0.25) is 0 Å². The Labute approximate surface area is 197 Å². The largest absolute Gasteiger partial charge is 0.467 e. The second-order valence-corrected chi connectivity index (χ2v) is 9.20. The first kappa shape index (κ1) is 23.7. The van der Waals surface area contributed by atoms with Crippen LogP contribution < -0.4 is 10.1 Å². The number of carbonyl (C=O) groups excluding carboxylic acids is 1. The number of carbonyl (C=O) groups is 1. The topological polar surface area (TPSA) is 81.9 Å². The molecule has 0 radical (unpaired) electrons. The predicted octanol–water partition coefficient (Wildman–Crippen LogP) is 4.98. The van der Waals surface area contributed by atoms with Gasteiger partial charge in [-0.25, -0.2) is 9.67 Å². The molecular weight excluding hydrogens is 467 g/mol. The van der Waals surface area contributed by atoms with Crippen molar-refractivity contribution < 1.29 is 22.7 Å². The number of hydrogen-bond acceptors (Lipinski definition) is 6. The quantitative estimate of drug-likeness (QED) is 0.413. The Balaban J connectivity index is 1.61. The van der Waals surface area contributed by atoms with Crippen molar-refractivity contribution >= 4 is 28.3 Å². The Kier molecular flexibility index (Phi) is 6.30. The maximum atomic E-state index is 14.0. The molecule has 1 amide bonds. The van der Waals surface area contributed by atoms with E-state index in [9.17, 15) is 18.0 Å². The Hall–Kier alpha value is -3.47. The van der Waals surface area contributed by atoms with Crippen LogP contribution in [0.4, 0.5) is 13.2 Å².